The number of nitrogens with two attached hydrogens (primary N) is 7. The first-order chi connectivity index (χ1) is 69.0. The van der Waals surface area contributed by atoms with Crippen molar-refractivity contribution >= 4 is 124 Å². The Morgan fingerprint density at radius 1 is 0.469 bits per heavy atom. The third-order valence-corrected chi connectivity index (χ3v) is 21.2. The third-order valence-electron chi connectivity index (χ3n) is 18.4. The fraction of sp³-hybridized carbons (Fsp3) is 0.373. The van der Waals surface area contributed by atoms with Crippen LogP contribution in [0.1, 0.15) is 161 Å². The van der Waals surface area contributed by atoms with E-state index in [4.69, 9.17) is 92.1 Å². The highest BCUT2D eigenvalue weighted by Crippen LogP contribution is 2.34. The number of hydrogen-bond acceptors (Lipinski definition) is 19. The second kappa shape index (κ2) is 75.2. The van der Waals surface area contributed by atoms with Gasteiger partial charge in [0.2, 0.25) is 0 Å². The smallest absolute Gasteiger partial charge is 0.419 e. The number of aliphatic hydroxyl groups excluding tert-OH is 2. The minimum Gasteiger partial charge on any atom is -0.504 e. The summed E-state index contributed by atoms with van der Waals surface area (Å²) in [6.45, 7) is 18.7. The molecule has 0 amide bonds. The fourth-order valence-corrected chi connectivity index (χ4v) is 13.1. The number of aliphatic hydroxyl groups is 2. The number of ether oxygens (including phenoxy) is 5. The number of alkyl halides is 9. The standard InChI is InChI=1S/C13H19FN2O2.C12H16BrFN2O.C12H16ClFN2.C12H19NO3.C11H14BrFN2O.C11H14ClFN2O.C11H9F4N3.C11H15FN2O.C9H10FIN2/c1-10(15)16-8-13(17)12-4-2-11(3-5-12)9-18-7-6-14;1-9(15)16-8-10-3-4-12(11(13)7-10)17-6-2-5-14;1-9(15)16-8-10-4-5-11(3-2-6-14)12(13)7-10;1-3-6-13-8(2)12(16)9-4-5-10(14)11(15)7-9;2*1-8(14)15-7-9-2-3-11(10(12)6-9)16-5-4-13;12-9-2-1-7(5-8(9)11(13,14)15)6-18-10-16-3-4-17-10;1-9(13)14-8-10-2-4-11(5-3-10)15-7-6-12;1-6(12)13-5-7-2-3-9(11)8(10)4-7/h2-5,13,17H,6-9H2,1H3,(H2,15,16);3-4,7H,2,5-6,8H2,1H3,(H2,15,16);4-5,7H,2-3,6,8H2,1H3,(H2,15,16);4-5,7-8,12-16H,3,6H2,1-2H3;2*2-3,6H,4-5,7H2,1H3,(H2,14,15);1-5H,6H2,(H2,16,17,18);2-5H,6-8H2,1H3,(H2,13,14);2-4H,5H2,1H3,(H2,12,13)/i3*14-1;;2*13-1;2*12-1;11+4. The zero-order valence-corrected chi connectivity index (χ0v) is 89.1. The molecule has 10 aromatic rings. The summed E-state index contributed by atoms with van der Waals surface area (Å²) in [5.41, 5.74) is 46.2. The maximum atomic E-state index is 13.0. The number of aromatic amines is 1. The molecule has 10 rings (SSSR count). The summed E-state index contributed by atoms with van der Waals surface area (Å²) in [5.74, 6) is 4.79. The van der Waals surface area contributed by atoms with Crippen LogP contribution in [0.15, 0.2) is 232 Å². The molecule has 0 aliphatic rings. The number of aliphatic imine (C=N–C) groups is 7. The number of H-pyrrole nitrogens is 1. The molecular weight excluding hydrogens is 2180 g/mol. The van der Waals surface area contributed by atoms with E-state index < -0.39 is 56.5 Å². The Hall–Kier alpha value is -11.6. The van der Waals surface area contributed by atoms with Gasteiger partial charge in [-0.3, -0.25) is 43.7 Å². The van der Waals surface area contributed by atoms with Crippen molar-refractivity contribution in [1.29, 1.82) is 0 Å². The number of aromatic hydroxyl groups is 2. The summed E-state index contributed by atoms with van der Waals surface area (Å²) >= 11 is 20.7. The summed E-state index contributed by atoms with van der Waals surface area (Å²) in [7, 11) is 0. The van der Waals surface area contributed by atoms with Crippen LogP contribution >= 0.6 is 77.7 Å². The van der Waals surface area contributed by atoms with Crippen molar-refractivity contribution in [2.24, 2.45) is 75.1 Å². The summed E-state index contributed by atoms with van der Waals surface area (Å²) in [6.07, 6.45) is -0.369. The molecule has 0 saturated carbocycles. The number of anilines is 1. The molecule has 3 unspecified atom stereocenters. The van der Waals surface area contributed by atoms with E-state index in [-0.39, 0.29) is 76.2 Å². The van der Waals surface area contributed by atoms with Gasteiger partial charge in [-0.1, -0.05) is 115 Å². The van der Waals surface area contributed by atoms with Crippen molar-refractivity contribution in [2.45, 2.75) is 165 Å². The molecular formula is C102H132Br2Cl2F11IN18O9. The van der Waals surface area contributed by atoms with Gasteiger partial charge in [-0.05, 0) is 288 Å². The Kier molecular flexibility index (Phi) is 67.1. The molecule has 9 aromatic carbocycles. The molecule has 145 heavy (non-hydrogen) atoms. The Labute approximate surface area is 881 Å². The van der Waals surface area contributed by atoms with Crippen molar-refractivity contribution in [3.05, 3.63) is 289 Å². The van der Waals surface area contributed by atoms with Gasteiger partial charge in [0.15, 0.2) is 17.4 Å². The molecule has 0 aliphatic heterocycles. The van der Waals surface area contributed by atoms with E-state index in [2.05, 4.69) is 94.3 Å². The number of phenols is 2. The average Bonchev–Trinajstić information content (AvgIpc) is 1.32. The Morgan fingerprint density at radius 2 is 0.903 bits per heavy atom. The number of nitrogens with zero attached hydrogens (tertiary/aromatic N) is 8. The number of phenolic OH excluding ortho intramolecular Hbond substituents is 2. The molecule has 1 heterocycles. The quantitative estimate of drug-likeness (QED) is 0.00421. The van der Waals surface area contributed by atoms with Crippen molar-refractivity contribution in [3.63, 3.8) is 0 Å². The number of aryl methyl sites for hydroxylation is 1. The molecule has 0 fully saturated rings. The van der Waals surface area contributed by atoms with Gasteiger partial charge in [-0.2, -0.15) is 13.2 Å². The van der Waals surface area contributed by atoms with Crippen molar-refractivity contribution < 1.29 is 92.4 Å². The molecule has 796 valence electrons. The topological polar surface area (TPSA) is 448 Å². The minimum atomic E-state index is -4.69. The first kappa shape index (κ1) is 129. The van der Waals surface area contributed by atoms with E-state index in [0.29, 0.717) is 161 Å². The lowest BCUT2D eigenvalue weighted by Crippen LogP contribution is -2.32. The monoisotopic (exact) mass is 2310 g/mol. The highest BCUT2D eigenvalue weighted by molar-refractivity contribution is 14.1. The Bertz CT molecular complexity index is 5380. The maximum Gasteiger partial charge on any atom is 0.419 e. The number of imidazole rings is 1. The van der Waals surface area contributed by atoms with Crippen LogP contribution in [0.25, 0.3) is 0 Å². The van der Waals surface area contributed by atoms with E-state index in [1.54, 1.807) is 109 Å². The van der Waals surface area contributed by atoms with Crippen molar-refractivity contribution in [2.75, 3.05) is 91.5 Å². The van der Waals surface area contributed by atoms with Crippen LogP contribution in [-0.4, -0.2) is 163 Å². The van der Waals surface area contributed by atoms with E-state index in [0.717, 1.165) is 89.9 Å². The Balaban J connectivity index is 0.000000552. The number of aromatic nitrogens is 2. The van der Waals surface area contributed by atoms with Gasteiger partial charge >= 0.3 is 6.18 Å². The fourth-order valence-electron chi connectivity index (χ4n) is 11.1. The van der Waals surface area contributed by atoms with Crippen LogP contribution in [0.3, 0.4) is 0 Å². The number of halogens is 16. The van der Waals surface area contributed by atoms with E-state index in [1.165, 1.54) is 30.5 Å². The first-order valence-corrected chi connectivity index (χ1v) is 48.7. The number of hydrogen-bond donors (Lipinski definition) is 14. The molecule has 0 radical (unpaired) electrons. The summed E-state index contributed by atoms with van der Waals surface area (Å²) in [5, 5.41) is 45.4. The van der Waals surface area contributed by atoms with Gasteiger partial charge < -0.3 is 99.9 Å². The largest absolute Gasteiger partial charge is 0.504 e. The third kappa shape index (κ3) is 59.6. The van der Waals surface area contributed by atoms with Crippen LogP contribution in [0.4, 0.5) is 54.2 Å². The predicted molar refractivity (Wildman–Crippen MR) is 577 cm³/mol. The van der Waals surface area contributed by atoms with E-state index in [1.807, 2.05) is 114 Å². The van der Waals surface area contributed by atoms with E-state index >= 15 is 0 Å². The Morgan fingerprint density at radius 3 is 1.35 bits per heavy atom. The predicted octanol–water partition coefficient (Wildman–Crippen LogP) is 21.9. The van der Waals surface area contributed by atoms with Gasteiger partial charge in [0.25, 0.3) is 0 Å². The normalized spacial score (nSPS) is 12.2. The van der Waals surface area contributed by atoms with Crippen molar-refractivity contribution in [3.8, 4) is 34.5 Å². The zero-order valence-electron chi connectivity index (χ0n) is 82.3. The second-order valence-electron chi connectivity index (χ2n) is 31.2. The number of amidine groups is 7. The lowest BCUT2D eigenvalue weighted by Gasteiger charge is -2.20. The molecule has 0 bridgehead atoms. The summed E-state index contributed by atoms with van der Waals surface area (Å²) < 4.78 is 163. The summed E-state index contributed by atoms with van der Waals surface area (Å²) in [4.78, 5) is 35.0. The van der Waals surface area contributed by atoms with Crippen molar-refractivity contribution in [1.82, 2.24) is 15.3 Å². The molecule has 21 N–H and O–H groups in total. The molecule has 0 aliphatic carbocycles. The minimum absolute atomic E-state index is 0.0130. The van der Waals surface area contributed by atoms with Gasteiger partial charge in [0.1, 0.15) is 81.2 Å². The van der Waals surface area contributed by atoms with Crippen LogP contribution in [-0.2, 0) is 69.8 Å². The maximum absolute atomic E-state index is 13.0. The highest BCUT2D eigenvalue weighted by atomic mass is 131. The molecule has 27 nitrogen and oxygen atoms in total. The van der Waals surface area contributed by atoms with Gasteiger partial charge in [-0.15, -0.1) is 0 Å². The van der Waals surface area contributed by atoms with Crippen LogP contribution in [0.2, 0.25) is 10.0 Å². The SMILES string of the molecule is CC(N)=NCC(O)c1ccc(COCC[18F])cc1.CC(N)=NCc1ccc(CCC[18F])c(Cl)c1.CC(N)=NCc1ccc(OCCC[18F])c(Br)c1.CC(N)=NCc1ccc(OCC[18F])c(Br)c1.CC(N)=NCc1ccc(OCC[18F])c(Cl)c1.CC(N)=NCc1ccc(OCC[18F])cc1.CC(N)=NCc1ccc([131I])c(F)c1.CCCNC(C)C(O)c1ccc(O)c(O)c1.FC(F)(F)c1cc(CNc2ncc[nH]2)ccc1[18F]. The summed E-state index contributed by atoms with van der Waals surface area (Å²) in [6, 6.07) is 49.1. The second-order valence-corrected chi connectivity index (χ2v) is 34.9. The van der Waals surface area contributed by atoms with Gasteiger partial charge in [-0.25, -0.2) is 31.3 Å². The molecule has 43 heteroatoms. The lowest BCUT2D eigenvalue weighted by atomic mass is 10.0. The first-order valence-electron chi connectivity index (χ1n) is 45.2. The number of benzene rings is 9. The molecule has 0 spiro atoms. The lowest BCUT2D eigenvalue weighted by molar-refractivity contribution is -0.140. The number of nitrogens with one attached hydrogen (secondary N) is 3. The molecule has 1 aromatic heterocycles. The van der Waals surface area contributed by atoms with Gasteiger partial charge in [0, 0.05) is 40.0 Å². The van der Waals surface area contributed by atoms with Crippen LogP contribution in [0.5, 0.6) is 34.5 Å². The zero-order chi connectivity index (χ0) is 108. The highest BCUT2D eigenvalue weighted by Gasteiger charge is 2.34. The molecule has 3 atom stereocenters. The molecule has 0 saturated heterocycles. The average molecular weight is 2320 g/mol. The van der Waals surface area contributed by atoms with E-state index in [9.17, 15) is 63.6 Å². The van der Waals surface area contributed by atoms with Gasteiger partial charge in [0.05, 0.1) is 152 Å². The van der Waals surface area contributed by atoms with Crippen LogP contribution < -0.4 is 69.7 Å². The number of rotatable bonds is 43. The van der Waals surface area contributed by atoms with Crippen LogP contribution in [0, 0.1) is 15.2 Å².